The minimum atomic E-state index is -3.53. The molecule has 0 heterocycles. The average molecular weight is 308 g/mol. The van der Waals surface area contributed by atoms with Crippen molar-refractivity contribution in [1.29, 1.82) is 5.26 Å². The quantitative estimate of drug-likeness (QED) is 0.831. The van der Waals surface area contributed by atoms with Gasteiger partial charge in [-0.2, -0.15) is 9.57 Å². The van der Waals surface area contributed by atoms with Crippen LogP contribution in [0.5, 0.6) is 0 Å². The van der Waals surface area contributed by atoms with Crippen LogP contribution in [-0.4, -0.2) is 37.0 Å². The van der Waals surface area contributed by atoms with E-state index in [9.17, 15) is 8.42 Å². The second kappa shape index (κ2) is 7.03. The Labute approximate surface area is 125 Å². The van der Waals surface area contributed by atoms with E-state index in [2.05, 4.69) is 0 Å². The van der Waals surface area contributed by atoms with Crippen molar-refractivity contribution in [3.8, 4) is 6.07 Å². The summed E-state index contributed by atoms with van der Waals surface area (Å²) in [5.41, 5.74) is 0.807. The number of aliphatic hydroxyl groups is 1. The maximum Gasteiger partial charge on any atom is 0.243 e. The molecular weight excluding hydrogens is 288 g/mol. The van der Waals surface area contributed by atoms with Gasteiger partial charge in [0.15, 0.2) is 0 Å². The maximum absolute atomic E-state index is 12.7. The highest BCUT2D eigenvalue weighted by atomic mass is 32.2. The van der Waals surface area contributed by atoms with Gasteiger partial charge < -0.3 is 5.11 Å². The van der Waals surface area contributed by atoms with E-state index in [1.54, 1.807) is 24.3 Å². The highest BCUT2D eigenvalue weighted by Gasteiger charge is 2.34. The van der Waals surface area contributed by atoms with Crippen molar-refractivity contribution in [2.45, 2.75) is 43.0 Å². The van der Waals surface area contributed by atoms with Crippen molar-refractivity contribution in [2.75, 3.05) is 13.2 Å². The summed E-state index contributed by atoms with van der Waals surface area (Å²) in [5, 5.41) is 17.6. The van der Waals surface area contributed by atoms with E-state index in [1.807, 2.05) is 6.07 Å². The molecule has 0 atom stereocenters. The largest absolute Gasteiger partial charge is 0.396 e. The molecule has 6 heteroatoms. The predicted octanol–water partition coefficient (Wildman–Crippen LogP) is 1.68. The average Bonchev–Trinajstić information content (AvgIpc) is 2.42. The smallest absolute Gasteiger partial charge is 0.243 e. The van der Waals surface area contributed by atoms with E-state index in [0.717, 1.165) is 24.8 Å². The normalized spacial score (nSPS) is 15.7. The molecule has 0 spiro atoms. The van der Waals surface area contributed by atoms with Gasteiger partial charge in [0.25, 0.3) is 0 Å². The number of nitrogens with zero attached hydrogens (tertiary/aromatic N) is 2. The lowest BCUT2D eigenvalue weighted by molar-refractivity contribution is 0.198. The summed E-state index contributed by atoms with van der Waals surface area (Å²) in [6.45, 7) is 0.337. The van der Waals surface area contributed by atoms with E-state index >= 15 is 0 Å². The van der Waals surface area contributed by atoms with Crippen LogP contribution in [0.15, 0.2) is 29.2 Å². The number of aliphatic hydroxyl groups excluding tert-OH is 1. The Kier molecular flexibility index (Phi) is 5.34. The van der Waals surface area contributed by atoms with Crippen molar-refractivity contribution in [3.63, 3.8) is 0 Å². The van der Waals surface area contributed by atoms with Gasteiger partial charge in [0.1, 0.15) is 0 Å². The third-order valence-corrected chi connectivity index (χ3v) is 5.80. The zero-order valence-corrected chi connectivity index (χ0v) is 12.7. The molecule has 1 saturated carbocycles. The Balaban J connectivity index is 2.22. The number of benzene rings is 1. The van der Waals surface area contributed by atoms with Crippen LogP contribution in [0, 0.1) is 11.3 Å². The SMILES string of the molecule is N#CCc1ccc(S(=O)(=O)N(CCCO)C2CCC2)cc1. The van der Waals surface area contributed by atoms with Gasteiger partial charge in [-0.15, -0.1) is 0 Å². The summed E-state index contributed by atoms with van der Waals surface area (Å²) >= 11 is 0. The number of rotatable bonds is 7. The molecule has 0 aliphatic heterocycles. The fraction of sp³-hybridized carbons (Fsp3) is 0.533. The molecule has 0 radical (unpaired) electrons. The Bertz CT molecular complexity index is 601. The minimum absolute atomic E-state index is 0.0140. The van der Waals surface area contributed by atoms with Crippen molar-refractivity contribution < 1.29 is 13.5 Å². The summed E-state index contributed by atoms with van der Waals surface area (Å²) < 4.78 is 27.0. The van der Waals surface area contributed by atoms with E-state index in [1.165, 1.54) is 4.31 Å². The fourth-order valence-corrected chi connectivity index (χ4v) is 4.13. The number of nitriles is 1. The first kappa shape index (κ1) is 16.0. The Morgan fingerprint density at radius 1 is 1.29 bits per heavy atom. The molecule has 1 aromatic rings. The molecule has 0 saturated heterocycles. The topological polar surface area (TPSA) is 81.4 Å². The highest BCUT2D eigenvalue weighted by Crippen LogP contribution is 2.30. The number of hydrogen-bond acceptors (Lipinski definition) is 4. The Hall–Kier alpha value is -1.42. The number of hydrogen-bond donors (Lipinski definition) is 1. The van der Waals surface area contributed by atoms with E-state index < -0.39 is 10.0 Å². The van der Waals surface area contributed by atoms with Crippen LogP contribution in [0.4, 0.5) is 0 Å². The molecule has 5 nitrogen and oxygen atoms in total. The summed E-state index contributed by atoms with van der Waals surface area (Å²) in [4.78, 5) is 0.258. The third-order valence-electron chi connectivity index (χ3n) is 3.83. The molecule has 21 heavy (non-hydrogen) atoms. The van der Waals surface area contributed by atoms with Gasteiger partial charge in [-0.1, -0.05) is 18.6 Å². The second-order valence-corrected chi connectivity index (χ2v) is 7.15. The van der Waals surface area contributed by atoms with Gasteiger partial charge in [0.05, 0.1) is 17.4 Å². The molecule has 1 aliphatic carbocycles. The highest BCUT2D eigenvalue weighted by molar-refractivity contribution is 7.89. The molecule has 1 N–H and O–H groups in total. The lowest BCUT2D eigenvalue weighted by Gasteiger charge is -2.36. The molecule has 0 amide bonds. The van der Waals surface area contributed by atoms with Crippen LogP contribution in [0.1, 0.15) is 31.2 Å². The van der Waals surface area contributed by atoms with E-state index in [0.29, 0.717) is 13.0 Å². The molecule has 1 aliphatic rings. The molecule has 1 aromatic carbocycles. The standard InChI is InChI=1S/C15H20N2O3S/c16-10-9-13-5-7-15(8-6-13)21(19,20)17(11-2-12-18)14-3-1-4-14/h5-8,14,18H,1-4,9,11-12H2. The summed E-state index contributed by atoms with van der Waals surface area (Å²) in [7, 11) is -3.53. The summed E-state index contributed by atoms with van der Waals surface area (Å²) in [6, 6.07) is 8.59. The zero-order chi connectivity index (χ0) is 15.3. The van der Waals surface area contributed by atoms with Crippen molar-refractivity contribution in [2.24, 2.45) is 0 Å². The maximum atomic E-state index is 12.7. The fourth-order valence-electron chi connectivity index (χ4n) is 2.41. The first-order chi connectivity index (χ1) is 10.1. The molecule has 0 bridgehead atoms. The van der Waals surface area contributed by atoms with Crippen LogP contribution < -0.4 is 0 Å². The summed E-state index contributed by atoms with van der Waals surface area (Å²) in [5.74, 6) is 0. The van der Waals surface area contributed by atoms with Gasteiger partial charge in [0, 0.05) is 19.2 Å². The molecule has 0 unspecified atom stereocenters. The monoisotopic (exact) mass is 308 g/mol. The van der Waals surface area contributed by atoms with Gasteiger partial charge in [-0.25, -0.2) is 8.42 Å². The molecule has 114 valence electrons. The van der Waals surface area contributed by atoms with Crippen LogP contribution in [0.2, 0.25) is 0 Å². The molecule has 0 aromatic heterocycles. The van der Waals surface area contributed by atoms with Gasteiger partial charge >= 0.3 is 0 Å². The lowest BCUT2D eigenvalue weighted by atomic mass is 9.93. The Morgan fingerprint density at radius 3 is 2.43 bits per heavy atom. The zero-order valence-electron chi connectivity index (χ0n) is 11.9. The van der Waals surface area contributed by atoms with E-state index in [4.69, 9.17) is 10.4 Å². The Morgan fingerprint density at radius 2 is 1.95 bits per heavy atom. The minimum Gasteiger partial charge on any atom is -0.396 e. The van der Waals surface area contributed by atoms with Gasteiger partial charge in [-0.3, -0.25) is 0 Å². The van der Waals surface area contributed by atoms with Crippen LogP contribution in [0.25, 0.3) is 0 Å². The first-order valence-corrected chi connectivity index (χ1v) is 8.62. The van der Waals surface area contributed by atoms with Crippen molar-refractivity contribution in [3.05, 3.63) is 29.8 Å². The van der Waals surface area contributed by atoms with Crippen LogP contribution in [-0.2, 0) is 16.4 Å². The number of sulfonamides is 1. The van der Waals surface area contributed by atoms with E-state index in [-0.39, 0.29) is 24.0 Å². The van der Waals surface area contributed by atoms with Crippen molar-refractivity contribution in [1.82, 2.24) is 4.31 Å². The molecular formula is C15H20N2O3S. The third kappa shape index (κ3) is 3.62. The van der Waals surface area contributed by atoms with Gasteiger partial charge in [0.2, 0.25) is 10.0 Å². The lowest BCUT2D eigenvalue weighted by Crippen LogP contribution is -2.44. The second-order valence-electron chi connectivity index (χ2n) is 5.26. The molecule has 1 fully saturated rings. The molecule has 2 rings (SSSR count). The summed E-state index contributed by atoms with van der Waals surface area (Å²) in [6.07, 6.45) is 3.55. The van der Waals surface area contributed by atoms with Crippen LogP contribution in [0.3, 0.4) is 0 Å². The van der Waals surface area contributed by atoms with Gasteiger partial charge in [-0.05, 0) is 37.0 Å². The van der Waals surface area contributed by atoms with Crippen molar-refractivity contribution >= 4 is 10.0 Å². The first-order valence-electron chi connectivity index (χ1n) is 7.18. The van der Waals surface area contributed by atoms with Crippen LogP contribution >= 0.6 is 0 Å². The predicted molar refractivity (Wildman–Crippen MR) is 79.0 cm³/mol.